The van der Waals surface area contributed by atoms with Gasteiger partial charge in [0.1, 0.15) is 12.2 Å². The van der Waals surface area contributed by atoms with Gasteiger partial charge in [-0.15, -0.1) is 0 Å². The monoisotopic (exact) mass is 562 g/mol. The van der Waals surface area contributed by atoms with Gasteiger partial charge in [-0.1, -0.05) is 46.3 Å². The molecule has 0 fully saturated rings. The molecule has 8 heteroatoms. The first-order valence-electron chi connectivity index (χ1n) is 9.86. The lowest BCUT2D eigenvalue weighted by Crippen LogP contribution is -2.27. The largest absolute Gasteiger partial charge is 0.493 e. The summed E-state index contributed by atoms with van der Waals surface area (Å²) in [6.45, 7) is 5.83. The molecule has 1 N–H and O–H groups in total. The number of amides is 1. The highest BCUT2D eigenvalue weighted by atomic mass is 79.9. The summed E-state index contributed by atoms with van der Waals surface area (Å²) < 4.78 is 18.4. The van der Waals surface area contributed by atoms with Crippen LogP contribution in [0.1, 0.15) is 26.3 Å². The third-order valence-electron chi connectivity index (χ3n) is 4.30. The van der Waals surface area contributed by atoms with Crippen LogP contribution in [0, 0.1) is 0 Å². The number of hydrogen-bond donors (Lipinski definition) is 1. The van der Waals surface area contributed by atoms with Crippen molar-refractivity contribution in [1.82, 2.24) is 4.98 Å². The fourth-order valence-corrected chi connectivity index (χ4v) is 4.02. The molecule has 0 saturated heterocycles. The topological polar surface area (TPSA) is 69.7 Å². The quantitative estimate of drug-likeness (QED) is 0.343. The van der Waals surface area contributed by atoms with Crippen molar-refractivity contribution in [2.45, 2.75) is 33.0 Å². The molecule has 0 aliphatic heterocycles. The van der Waals surface area contributed by atoms with E-state index in [4.69, 9.17) is 14.2 Å². The molecule has 3 rings (SSSR count). The normalized spacial score (nSPS) is 11.1. The summed E-state index contributed by atoms with van der Waals surface area (Å²) in [4.78, 5) is 16.6. The van der Waals surface area contributed by atoms with Crippen LogP contribution in [0.3, 0.4) is 0 Å². The number of carbonyl (C=O) groups is 1. The van der Waals surface area contributed by atoms with E-state index in [0.717, 1.165) is 21.2 Å². The summed E-state index contributed by atoms with van der Waals surface area (Å²) in [5.41, 5.74) is 2.44. The molecule has 1 aromatic heterocycles. The van der Waals surface area contributed by atoms with Gasteiger partial charge in [0.25, 0.3) is 0 Å². The number of methoxy groups -OCH3 is 1. The molecule has 1 heterocycles. The molecule has 0 aliphatic carbocycles. The van der Waals surface area contributed by atoms with E-state index in [1.54, 1.807) is 19.5 Å². The first-order valence-corrected chi connectivity index (χ1v) is 11.4. The summed E-state index contributed by atoms with van der Waals surface area (Å²) in [5, 5.41) is 2.79. The van der Waals surface area contributed by atoms with E-state index in [2.05, 4.69) is 42.2 Å². The van der Waals surface area contributed by atoms with Gasteiger partial charge in [0, 0.05) is 26.3 Å². The van der Waals surface area contributed by atoms with Gasteiger partial charge < -0.3 is 14.2 Å². The number of aromatic nitrogens is 1. The zero-order valence-corrected chi connectivity index (χ0v) is 21.4. The lowest BCUT2D eigenvalue weighted by atomic mass is 10.0. The van der Waals surface area contributed by atoms with Crippen LogP contribution in [-0.2, 0) is 11.3 Å². The number of halogens is 2. The Morgan fingerprint density at radius 3 is 2.41 bits per heavy atom. The Labute approximate surface area is 204 Å². The summed E-state index contributed by atoms with van der Waals surface area (Å²) in [5.74, 6) is 1.16. The lowest BCUT2D eigenvalue weighted by molar-refractivity contribution is 0.0636. The second-order valence-electron chi connectivity index (χ2n) is 7.93. The number of benzene rings is 2. The first kappa shape index (κ1) is 24.1. The standard InChI is InChI=1S/C24H24Br2N2O4/c1-24(2,3)32-23(29)28-19-13-27-12-18(26)22(19)16-10-20(30-4)21(11-17(16)25)31-14-15-8-6-5-7-9-15/h5-13H,14H2,1-4H3,(H,28,29). The number of hydrogen-bond acceptors (Lipinski definition) is 5. The van der Waals surface area contributed by atoms with Crippen LogP contribution in [-0.4, -0.2) is 23.8 Å². The van der Waals surface area contributed by atoms with Gasteiger partial charge in [0.2, 0.25) is 0 Å². The fourth-order valence-electron chi connectivity index (χ4n) is 2.95. The fraction of sp³-hybridized carbons (Fsp3) is 0.250. The van der Waals surface area contributed by atoms with Crippen LogP contribution in [0.4, 0.5) is 10.5 Å². The van der Waals surface area contributed by atoms with Crippen molar-refractivity contribution < 1.29 is 19.0 Å². The maximum atomic E-state index is 12.4. The second kappa shape index (κ2) is 10.4. The zero-order chi connectivity index (χ0) is 23.3. The van der Waals surface area contributed by atoms with Gasteiger partial charge in [-0.05, 0) is 54.4 Å². The van der Waals surface area contributed by atoms with Crippen LogP contribution < -0.4 is 14.8 Å². The molecule has 0 saturated carbocycles. The third-order valence-corrected chi connectivity index (χ3v) is 5.55. The molecule has 0 atom stereocenters. The van der Waals surface area contributed by atoms with Gasteiger partial charge >= 0.3 is 6.09 Å². The van der Waals surface area contributed by atoms with Crippen molar-refractivity contribution in [3.05, 3.63) is 69.4 Å². The lowest BCUT2D eigenvalue weighted by Gasteiger charge is -2.21. The van der Waals surface area contributed by atoms with E-state index in [1.165, 1.54) is 0 Å². The van der Waals surface area contributed by atoms with Crippen molar-refractivity contribution in [2.75, 3.05) is 12.4 Å². The van der Waals surface area contributed by atoms with Crippen molar-refractivity contribution in [2.24, 2.45) is 0 Å². The highest BCUT2D eigenvalue weighted by Gasteiger charge is 2.21. The van der Waals surface area contributed by atoms with Crippen LogP contribution in [0.5, 0.6) is 11.5 Å². The van der Waals surface area contributed by atoms with E-state index in [0.29, 0.717) is 28.3 Å². The number of anilines is 1. The number of carbonyl (C=O) groups excluding carboxylic acids is 1. The predicted molar refractivity (Wildman–Crippen MR) is 132 cm³/mol. The van der Waals surface area contributed by atoms with Crippen molar-refractivity contribution >= 4 is 43.6 Å². The highest BCUT2D eigenvalue weighted by Crippen LogP contribution is 2.44. The highest BCUT2D eigenvalue weighted by molar-refractivity contribution is 9.11. The molecular weight excluding hydrogens is 540 g/mol. The average Bonchev–Trinajstić information content (AvgIpc) is 2.72. The van der Waals surface area contributed by atoms with Gasteiger partial charge in [0.05, 0.1) is 19.0 Å². The van der Waals surface area contributed by atoms with Crippen molar-refractivity contribution in [3.63, 3.8) is 0 Å². The van der Waals surface area contributed by atoms with E-state index in [9.17, 15) is 4.79 Å². The zero-order valence-electron chi connectivity index (χ0n) is 18.2. The molecular formula is C24H24Br2N2O4. The van der Waals surface area contributed by atoms with E-state index >= 15 is 0 Å². The van der Waals surface area contributed by atoms with Crippen LogP contribution >= 0.6 is 31.9 Å². The van der Waals surface area contributed by atoms with Gasteiger partial charge in [-0.3, -0.25) is 10.3 Å². The molecule has 32 heavy (non-hydrogen) atoms. The molecule has 2 aromatic carbocycles. The smallest absolute Gasteiger partial charge is 0.412 e. The Kier molecular flexibility index (Phi) is 7.79. The Bertz CT molecular complexity index is 1100. The number of nitrogens with one attached hydrogen (secondary N) is 1. The van der Waals surface area contributed by atoms with E-state index in [-0.39, 0.29) is 0 Å². The SMILES string of the molecule is COc1cc(-c2c(Br)cncc2NC(=O)OC(C)(C)C)c(Br)cc1OCc1ccccc1. The molecule has 0 aliphatic rings. The maximum absolute atomic E-state index is 12.4. The minimum Gasteiger partial charge on any atom is -0.493 e. The molecule has 168 valence electrons. The summed E-state index contributed by atoms with van der Waals surface area (Å²) in [6, 6.07) is 13.6. The Morgan fingerprint density at radius 1 is 1.03 bits per heavy atom. The predicted octanol–water partition coefficient (Wildman–Crippen LogP) is 7.21. The molecule has 0 spiro atoms. The summed E-state index contributed by atoms with van der Waals surface area (Å²) in [7, 11) is 1.59. The number of pyridine rings is 1. The van der Waals surface area contributed by atoms with Crippen molar-refractivity contribution in [3.8, 4) is 22.6 Å². The number of nitrogens with zero attached hydrogens (tertiary/aromatic N) is 1. The molecule has 0 bridgehead atoms. The van der Waals surface area contributed by atoms with Crippen LogP contribution in [0.2, 0.25) is 0 Å². The molecule has 0 unspecified atom stereocenters. The summed E-state index contributed by atoms with van der Waals surface area (Å²) in [6.07, 6.45) is 2.67. The van der Waals surface area contributed by atoms with Gasteiger partial charge in [-0.2, -0.15) is 0 Å². The van der Waals surface area contributed by atoms with Crippen molar-refractivity contribution in [1.29, 1.82) is 0 Å². The minimum absolute atomic E-state index is 0.410. The third kappa shape index (κ3) is 6.23. The first-order chi connectivity index (χ1) is 15.2. The molecule has 0 radical (unpaired) electrons. The maximum Gasteiger partial charge on any atom is 0.412 e. The number of ether oxygens (including phenoxy) is 3. The summed E-state index contributed by atoms with van der Waals surface area (Å²) >= 11 is 7.18. The average molecular weight is 564 g/mol. The Balaban J connectivity index is 1.94. The minimum atomic E-state index is -0.620. The number of rotatable bonds is 6. The van der Waals surface area contributed by atoms with Crippen LogP contribution in [0.25, 0.3) is 11.1 Å². The second-order valence-corrected chi connectivity index (χ2v) is 9.64. The van der Waals surface area contributed by atoms with Crippen LogP contribution in [0.15, 0.2) is 63.8 Å². The van der Waals surface area contributed by atoms with E-state index < -0.39 is 11.7 Å². The van der Waals surface area contributed by atoms with Gasteiger partial charge in [-0.25, -0.2) is 4.79 Å². The van der Waals surface area contributed by atoms with E-state index in [1.807, 2.05) is 63.2 Å². The molecule has 6 nitrogen and oxygen atoms in total. The van der Waals surface area contributed by atoms with Gasteiger partial charge in [0.15, 0.2) is 11.5 Å². The molecule has 1 amide bonds. The Hall–Kier alpha value is -2.58. The Morgan fingerprint density at radius 2 is 1.75 bits per heavy atom. The molecule has 3 aromatic rings.